The molecule has 6 nitrogen and oxygen atoms in total. The van der Waals surface area contributed by atoms with E-state index < -0.39 is 35.4 Å². The molecule has 1 aromatic heterocycles. The van der Waals surface area contributed by atoms with Crippen LogP contribution in [0.2, 0.25) is 0 Å². The fraction of sp³-hybridized carbons (Fsp3) is 0.381. The number of ketones is 1. The number of ether oxygens (including phenoxy) is 1. The predicted molar refractivity (Wildman–Crippen MR) is 103 cm³/mol. The van der Waals surface area contributed by atoms with Crippen LogP contribution in [-0.4, -0.2) is 66.4 Å². The van der Waals surface area contributed by atoms with Gasteiger partial charge in [0.1, 0.15) is 6.04 Å². The van der Waals surface area contributed by atoms with Gasteiger partial charge >= 0.3 is 6.18 Å². The Kier molecular flexibility index (Phi) is 7.01. The molecule has 1 unspecified atom stereocenters. The van der Waals surface area contributed by atoms with Crippen LogP contribution in [0.5, 0.6) is 0 Å². The van der Waals surface area contributed by atoms with Gasteiger partial charge in [-0.2, -0.15) is 17.6 Å². The minimum atomic E-state index is -4.63. The fourth-order valence-electron chi connectivity index (χ4n) is 3.35. The molecule has 1 atom stereocenters. The predicted octanol–water partition coefficient (Wildman–Crippen LogP) is 2.95. The molecule has 2 aromatic rings. The molecule has 0 radical (unpaired) electrons. The summed E-state index contributed by atoms with van der Waals surface area (Å²) in [5.74, 6) is -2.05. The summed E-state index contributed by atoms with van der Waals surface area (Å²) in [5, 5.41) is 0. The Balaban J connectivity index is 1.93. The lowest BCUT2D eigenvalue weighted by Gasteiger charge is -2.31. The highest BCUT2D eigenvalue weighted by Gasteiger charge is 2.34. The van der Waals surface area contributed by atoms with Crippen molar-refractivity contribution in [1.82, 2.24) is 14.8 Å². The average molecular weight is 439 g/mol. The van der Waals surface area contributed by atoms with E-state index in [2.05, 4.69) is 4.98 Å². The van der Waals surface area contributed by atoms with Crippen molar-refractivity contribution in [1.29, 1.82) is 0 Å². The molecule has 0 aliphatic carbocycles. The van der Waals surface area contributed by atoms with Crippen LogP contribution >= 0.6 is 0 Å². The Labute approximate surface area is 176 Å². The second-order valence-corrected chi connectivity index (χ2v) is 7.15. The first-order valence-electron chi connectivity index (χ1n) is 9.55. The van der Waals surface area contributed by atoms with Crippen molar-refractivity contribution in [3.63, 3.8) is 0 Å². The Morgan fingerprint density at radius 2 is 1.90 bits per heavy atom. The summed E-state index contributed by atoms with van der Waals surface area (Å²) in [5.41, 5.74) is -1.10. The van der Waals surface area contributed by atoms with Gasteiger partial charge in [0.05, 0.1) is 25.3 Å². The maximum atomic E-state index is 13.8. The van der Waals surface area contributed by atoms with Crippen LogP contribution in [0.25, 0.3) is 0 Å². The third kappa shape index (κ3) is 5.65. The maximum absolute atomic E-state index is 13.8. The smallest absolute Gasteiger partial charge is 0.379 e. The van der Waals surface area contributed by atoms with Gasteiger partial charge in [0.25, 0.3) is 0 Å². The molecule has 2 heterocycles. The van der Waals surface area contributed by atoms with Crippen LogP contribution in [0.15, 0.2) is 42.6 Å². The molecule has 3 rings (SSSR count). The first-order valence-corrected chi connectivity index (χ1v) is 9.55. The summed E-state index contributed by atoms with van der Waals surface area (Å²) in [6.07, 6.45) is -3.50. The van der Waals surface area contributed by atoms with Gasteiger partial charge in [-0.3, -0.25) is 14.5 Å². The molecule has 1 aliphatic heterocycles. The first-order chi connectivity index (χ1) is 14.7. The number of likely N-dealkylation sites (N-methyl/N-ethyl adjacent to an activating group) is 1. The van der Waals surface area contributed by atoms with E-state index in [1.54, 1.807) is 0 Å². The number of carbonyl (C=O) groups excluding carboxylic acids is 2. The molecule has 10 heteroatoms. The van der Waals surface area contributed by atoms with Gasteiger partial charge in [0, 0.05) is 31.9 Å². The summed E-state index contributed by atoms with van der Waals surface area (Å²) in [7, 11) is 1.37. The van der Waals surface area contributed by atoms with Crippen molar-refractivity contribution in [2.24, 2.45) is 0 Å². The summed E-state index contributed by atoms with van der Waals surface area (Å²) in [6.45, 7) is 2.02. The molecular weight excluding hydrogens is 418 g/mol. The third-order valence-electron chi connectivity index (χ3n) is 5.03. The zero-order valence-corrected chi connectivity index (χ0v) is 16.7. The Morgan fingerprint density at radius 3 is 2.55 bits per heavy atom. The van der Waals surface area contributed by atoms with Crippen LogP contribution in [0, 0.1) is 5.95 Å². The maximum Gasteiger partial charge on any atom is 0.416 e. The SMILES string of the molecule is CN(C(=O)CN1CCOCC1)C(C(=O)c1cccc(C(F)(F)F)c1)c1ccnc(F)c1. The van der Waals surface area contributed by atoms with Gasteiger partial charge in [0.15, 0.2) is 5.78 Å². The topological polar surface area (TPSA) is 62.7 Å². The van der Waals surface area contributed by atoms with Crippen LogP contribution in [-0.2, 0) is 15.7 Å². The number of halogens is 4. The van der Waals surface area contributed by atoms with Crippen molar-refractivity contribution in [2.45, 2.75) is 12.2 Å². The van der Waals surface area contributed by atoms with Crippen molar-refractivity contribution < 1.29 is 31.9 Å². The highest BCUT2D eigenvalue weighted by molar-refractivity contribution is 6.02. The average Bonchev–Trinajstić information content (AvgIpc) is 2.74. The van der Waals surface area contributed by atoms with Gasteiger partial charge < -0.3 is 9.64 Å². The van der Waals surface area contributed by atoms with E-state index in [-0.39, 0.29) is 17.7 Å². The lowest BCUT2D eigenvalue weighted by atomic mass is 9.95. The number of benzene rings is 1. The van der Waals surface area contributed by atoms with Crippen LogP contribution < -0.4 is 0 Å². The molecule has 0 bridgehead atoms. The highest BCUT2D eigenvalue weighted by Crippen LogP contribution is 2.31. The molecule has 31 heavy (non-hydrogen) atoms. The molecule has 0 saturated carbocycles. The van der Waals surface area contributed by atoms with E-state index in [1.165, 1.54) is 19.2 Å². The number of amides is 1. The normalized spacial score (nSPS) is 16.0. The summed E-state index contributed by atoms with van der Waals surface area (Å²) in [6, 6.07) is 4.98. The van der Waals surface area contributed by atoms with E-state index in [0.29, 0.717) is 26.3 Å². The second kappa shape index (κ2) is 9.52. The number of pyridine rings is 1. The lowest BCUT2D eigenvalue weighted by molar-refractivity contribution is -0.137. The minimum Gasteiger partial charge on any atom is -0.379 e. The standard InChI is InChI=1S/C21H21F4N3O3/c1-27(18(29)13-28-7-9-31-10-8-28)19(14-5-6-26-17(22)12-14)20(30)15-3-2-4-16(11-15)21(23,24)25/h2-6,11-12,19H,7-10,13H2,1H3. The van der Waals surface area contributed by atoms with Gasteiger partial charge in [-0.15, -0.1) is 0 Å². The molecule has 166 valence electrons. The van der Waals surface area contributed by atoms with Crippen LogP contribution in [0.1, 0.15) is 27.5 Å². The number of carbonyl (C=O) groups is 2. The van der Waals surface area contributed by atoms with Crippen molar-refractivity contribution in [2.75, 3.05) is 39.9 Å². The molecule has 1 fully saturated rings. The number of rotatable bonds is 6. The zero-order valence-electron chi connectivity index (χ0n) is 16.7. The minimum absolute atomic E-state index is 0.000202. The molecule has 1 saturated heterocycles. The second-order valence-electron chi connectivity index (χ2n) is 7.15. The van der Waals surface area contributed by atoms with Crippen molar-refractivity contribution in [3.05, 3.63) is 65.2 Å². The van der Waals surface area contributed by atoms with E-state index >= 15 is 0 Å². The van der Waals surface area contributed by atoms with E-state index in [1.807, 2.05) is 4.90 Å². The van der Waals surface area contributed by atoms with Crippen molar-refractivity contribution >= 4 is 11.7 Å². The molecule has 1 aromatic carbocycles. The number of hydrogen-bond acceptors (Lipinski definition) is 5. The van der Waals surface area contributed by atoms with E-state index in [9.17, 15) is 27.2 Å². The summed E-state index contributed by atoms with van der Waals surface area (Å²) < 4.78 is 58.3. The third-order valence-corrected chi connectivity index (χ3v) is 5.03. The first kappa shape index (κ1) is 22.8. The van der Waals surface area contributed by atoms with Gasteiger partial charge in [-0.1, -0.05) is 12.1 Å². The van der Waals surface area contributed by atoms with Gasteiger partial charge in [-0.25, -0.2) is 4.98 Å². The number of alkyl halides is 3. The Morgan fingerprint density at radius 1 is 1.19 bits per heavy atom. The van der Waals surface area contributed by atoms with Gasteiger partial charge in [-0.05, 0) is 29.8 Å². The van der Waals surface area contributed by atoms with Gasteiger partial charge in [0.2, 0.25) is 11.9 Å². The molecule has 0 spiro atoms. The number of nitrogens with zero attached hydrogens (tertiary/aromatic N) is 3. The largest absolute Gasteiger partial charge is 0.416 e. The van der Waals surface area contributed by atoms with Crippen LogP contribution in [0.4, 0.5) is 17.6 Å². The lowest BCUT2D eigenvalue weighted by Crippen LogP contribution is -2.45. The monoisotopic (exact) mass is 439 g/mol. The van der Waals surface area contributed by atoms with Crippen molar-refractivity contribution in [3.8, 4) is 0 Å². The molecule has 1 amide bonds. The number of hydrogen-bond donors (Lipinski definition) is 0. The quantitative estimate of drug-likeness (QED) is 0.394. The van der Waals surface area contributed by atoms with E-state index in [0.717, 1.165) is 35.4 Å². The summed E-state index contributed by atoms with van der Waals surface area (Å²) in [4.78, 5) is 32.5. The summed E-state index contributed by atoms with van der Waals surface area (Å²) >= 11 is 0. The number of aromatic nitrogens is 1. The Hall–Kier alpha value is -2.85. The highest BCUT2D eigenvalue weighted by atomic mass is 19.4. The zero-order chi connectivity index (χ0) is 22.6. The molecular formula is C21H21F4N3O3. The molecule has 1 aliphatic rings. The number of morpholine rings is 1. The molecule has 0 N–H and O–H groups in total. The number of Topliss-reactive ketones (excluding diaryl/α,β-unsaturated/α-hetero) is 1. The van der Waals surface area contributed by atoms with Crippen LogP contribution in [0.3, 0.4) is 0 Å². The van der Waals surface area contributed by atoms with E-state index in [4.69, 9.17) is 4.74 Å². The fourth-order valence-corrected chi connectivity index (χ4v) is 3.35. The Bertz CT molecular complexity index is 945.